The SMILES string of the molecule is COC(=O)c1ccc(Cl)c(NC(C)c2ccc(C)s2)c1. The number of aryl methyl sites for hydroxylation is 1. The molecule has 5 heteroatoms. The highest BCUT2D eigenvalue weighted by Crippen LogP contribution is 2.30. The Bertz CT molecular complexity index is 624. The molecule has 1 N–H and O–H groups in total. The summed E-state index contributed by atoms with van der Waals surface area (Å²) in [5.74, 6) is -0.371. The molecule has 0 aliphatic rings. The third kappa shape index (κ3) is 3.32. The Labute approximate surface area is 127 Å². The summed E-state index contributed by atoms with van der Waals surface area (Å²) < 4.78 is 4.72. The normalized spacial score (nSPS) is 12.0. The van der Waals surface area contributed by atoms with Crippen LogP contribution in [-0.4, -0.2) is 13.1 Å². The first-order valence-electron chi connectivity index (χ1n) is 6.22. The number of anilines is 1. The number of thiophene rings is 1. The third-order valence-electron chi connectivity index (χ3n) is 2.95. The van der Waals surface area contributed by atoms with Crippen molar-refractivity contribution in [3.8, 4) is 0 Å². The molecule has 1 atom stereocenters. The molecule has 1 heterocycles. The summed E-state index contributed by atoms with van der Waals surface area (Å²) >= 11 is 7.91. The van der Waals surface area contributed by atoms with E-state index in [1.54, 1.807) is 29.5 Å². The second-order valence-corrected chi connectivity index (χ2v) is 6.23. The standard InChI is InChI=1S/C15H16ClNO2S/c1-9-4-7-14(20-9)10(2)17-13-8-11(15(18)19-3)5-6-12(13)16/h4-8,10,17H,1-3H3. The Morgan fingerprint density at radius 1 is 1.35 bits per heavy atom. The molecule has 1 aromatic heterocycles. The molecule has 0 amide bonds. The van der Waals surface area contributed by atoms with Gasteiger partial charge in [-0.1, -0.05) is 11.6 Å². The first-order chi connectivity index (χ1) is 9.51. The van der Waals surface area contributed by atoms with Gasteiger partial charge < -0.3 is 10.1 Å². The van der Waals surface area contributed by atoms with Gasteiger partial charge in [0.1, 0.15) is 0 Å². The van der Waals surface area contributed by atoms with Gasteiger partial charge >= 0.3 is 5.97 Å². The van der Waals surface area contributed by atoms with Crippen LogP contribution in [0.4, 0.5) is 5.69 Å². The minimum absolute atomic E-state index is 0.124. The zero-order chi connectivity index (χ0) is 14.7. The van der Waals surface area contributed by atoms with Gasteiger partial charge in [0.25, 0.3) is 0 Å². The van der Waals surface area contributed by atoms with Crippen molar-refractivity contribution in [2.75, 3.05) is 12.4 Å². The number of hydrogen-bond donors (Lipinski definition) is 1. The van der Waals surface area contributed by atoms with Crippen molar-refractivity contribution in [2.24, 2.45) is 0 Å². The zero-order valence-electron chi connectivity index (χ0n) is 11.6. The van der Waals surface area contributed by atoms with Gasteiger partial charge in [-0.3, -0.25) is 0 Å². The van der Waals surface area contributed by atoms with Crippen molar-refractivity contribution in [1.29, 1.82) is 0 Å². The van der Waals surface area contributed by atoms with E-state index in [1.807, 2.05) is 0 Å². The molecular weight excluding hydrogens is 294 g/mol. The van der Waals surface area contributed by atoms with E-state index in [9.17, 15) is 4.79 Å². The van der Waals surface area contributed by atoms with E-state index in [0.29, 0.717) is 10.6 Å². The summed E-state index contributed by atoms with van der Waals surface area (Å²) in [6.07, 6.45) is 0. The van der Waals surface area contributed by atoms with E-state index in [0.717, 1.165) is 5.69 Å². The predicted octanol–water partition coefficient (Wildman–Crippen LogP) is 4.67. The zero-order valence-corrected chi connectivity index (χ0v) is 13.1. The van der Waals surface area contributed by atoms with Gasteiger partial charge in [0, 0.05) is 9.75 Å². The Hall–Kier alpha value is -1.52. The first-order valence-corrected chi connectivity index (χ1v) is 7.41. The van der Waals surface area contributed by atoms with Crippen LogP contribution in [0, 0.1) is 6.92 Å². The van der Waals surface area contributed by atoms with Gasteiger partial charge in [-0.15, -0.1) is 11.3 Å². The summed E-state index contributed by atoms with van der Waals surface area (Å²) in [4.78, 5) is 14.0. The van der Waals surface area contributed by atoms with Crippen LogP contribution in [-0.2, 0) is 4.74 Å². The molecule has 0 aliphatic carbocycles. The lowest BCUT2D eigenvalue weighted by atomic mass is 10.2. The highest BCUT2D eigenvalue weighted by molar-refractivity contribution is 7.12. The Balaban J connectivity index is 2.22. The number of carbonyl (C=O) groups is 1. The Morgan fingerprint density at radius 3 is 2.70 bits per heavy atom. The number of ether oxygens (including phenoxy) is 1. The van der Waals surface area contributed by atoms with E-state index in [2.05, 4.69) is 31.3 Å². The van der Waals surface area contributed by atoms with Crippen LogP contribution in [0.15, 0.2) is 30.3 Å². The van der Waals surface area contributed by atoms with Crippen LogP contribution in [0.3, 0.4) is 0 Å². The molecule has 0 saturated heterocycles. The van der Waals surface area contributed by atoms with Crippen molar-refractivity contribution in [2.45, 2.75) is 19.9 Å². The number of halogens is 1. The van der Waals surface area contributed by atoms with E-state index in [4.69, 9.17) is 16.3 Å². The molecule has 2 aromatic rings. The lowest BCUT2D eigenvalue weighted by Gasteiger charge is -2.15. The highest BCUT2D eigenvalue weighted by atomic mass is 35.5. The molecule has 0 fully saturated rings. The molecule has 0 radical (unpaired) electrons. The van der Waals surface area contributed by atoms with Crippen molar-refractivity contribution in [3.05, 3.63) is 50.7 Å². The number of esters is 1. The maximum atomic E-state index is 11.5. The number of methoxy groups -OCH3 is 1. The topological polar surface area (TPSA) is 38.3 Å². The molecule has 0 saturated carbocycles. The van der Waals surface area contributed by atoms with Crippen molar-refractivity contribution in [1.82, 2.24) is 0 Å². The summed E-state index contributed by atoms with van der Waals surface area (Å²) in [6.45, 7) is 4.14. The van der Waals surface area contributed by atoms with Gasteiger partial charge in [0.15, 0.2) is 0 Å². The second kappa shape index (κ2) is 6.29. The lowest BCUT2D eigenvalue weighted by molar-refractivity contribution is 0.0601. The molecule has 2 rings (SSSR count). The molecular formula is C15H16ClNO2S. The maximum Gasteiger partial charge on any atom is 0.337 e. The van der Waals surface area contributed by atoms with Crippen molar-refractivity contribution >= 4 is 34.6 Å². The van der Waals surface area contributed by atoms with Gasteiger partial charge in [-0.25, -0.2) is 4.79 Å². The van der Waals surface area contributed by atoms with Crippen LogP contribution in [0.1, 0.15) is 33.1 Å². The van der Waals surface area contributed by atoms with Crippen LogP contribution < -0.4 is 5.32 Å². The molecule has 0 spiro atoms. The summed E-state index contributed by atoms with van der Waals surface area (Å²) in [5.41, 5.74) is 1.21. The Morgan fingerprint density at radius 2 is 2.10 bits per heavy atom. The largest absolute Gasteiger partial charge is 0.465 e. The molecule has 1 unspecified atom stereocenters. The predicted molar refractivity (Wildman–Crippen MR) is 83.9 cm³/mol. The number of benzene rings is 1. The summed E-state index contributed by atoms with van der Waals surface area (Å²) in [7, 11) is 1.36. The van der Waals surface area contributed by atoms with Gasteiger partial charge in [0.2, 0.25) is 0 Å². The minimum atomic E-state index is -0.371. The smallest absolute Gasteiger partial charge is 0.337 e. The molecule has 106 valence electrons. The van der Waals surface area contributed by atoms with Crippen LogP contribution in [0.5, 0.6) is 0 Å². The lowest BCUT2D eigenvalue weighted by Crippen LogP contribution is -2.07. The molecule has 0 aliphatic heterocycles. The van der Waals surface area contributed by atoms with Gasteiger partial charge in [0.05, 0.1) is 29.4 Å². The fourth-order valence-electron chi connectivity index (χ4n) is 1.87. The van der Waals surface area contributed by atoms with Crippen LogP contribution >= 0.6 is 22.9 Å². The first kappa shape index (κ1) is 14.9. The quantitative estimate of drug-likeness (QED) is 0.834. The summed E-state index contributed by atoms with van der Waals surface area (Å²) in [5, 5.41) is 3.91. The molecule has 20 heavy (non-hydrogen) atoms. The number of hydrogen-bond acceptors (Lipinski definition) is 4. The van der Waals surface area contributed by atoms with Crippen LogP contribution in [0.25, 0.3) is 0 Å². The van der Waals surface area contributed by atoms with E-state index < -0.39 is 0 Å². The van der Waals surface area contributed by atoms with E-state index in [-0.39, 0.29) is 12.0 Å². The van der Waals surface area contributed by atoms with Gasteiger partial charge in [-0.2, -0.15) is 0 Å². The van der Waals surface area contributed by atoms with Crippen molar-refractivity contribution < 1.29 is 9.53 Å². The Kier molecular flexibility index (Phi) is 4.68. The number of carbonyl (C=O) groups excluding carboxylic acids is 1. The minimum Gasteiger partial charge on any atom is -0.465 e. The van der Waals surface area contributed by atoms with Crippen LogP contribution in [0.2, 0.25) is 5.02 Å². The average molecular weight is 310 g/mol. The fourth-order valence-corrected chi connectivity index (χ4v) is 2.92. The van der Waals surface area contributed by atoms with E-state index >= 15 is 0 Å². The average Bonchev–Trinajstić information content (AvgIpc) is 2.87. The van der Waals surface area contributed by atoms with E-state index in [1.165, 1.54) is 16.9 Å². The molecule has 3 nitrogen and oxygen atoms in total. The summed E-state index contributed by atoms with van der Waals surface area (Å²) in [6, 6.07) is 9.37. The highest BCUT2D eigenvalue weighted by Gasteiger charge is 2.12. The number of nitrogens with one attached hydrogen (secondary N) is 1. The second-order valence-electron chi connectivity index (χ2n) is 4.50. The van der Waals surface area contributed by atoms with Gasteiger partial charge in [-0.05, 0) is 44.2 Å². The number of rotatable bonds is 4. The maximum absolute atomic E-state index is 11.5. The molecule has 1 aromatic carbocycles. The third-order valence-corrected chi connectivity index (χ3v) is 4.46. The fraction of sp³-hybridized carbons (Fsp3) is 0.267. The van der Waals surface area contributed by atoms with Crippen molar-refractivity contribution in [3.63, 3.8) is 0 Å². The monoisotopic (exact) mass is 309 g/mol. The molecule has 0 bridgehead atoms.